The van der Waals surface area contributed by atoms with Gasteiger partial charge in [0.05, 0.1) is 18.1 Å². The average Bonchev–Trinajstić information content (AvgIpc) is 2.75. The lowest BCUT2D eigenvalue weighted by Crippen LogP contribution is -2.36. The van der Waals surface area contributed by atoms with Crippen LogP contribution in [-0.2, 0) is 4.79 Å². The molecule has 6 heteroatoms. The Kier molecular flexibility index (Phi) is 4.75. The van der Waals surface area contributed by atoms with Gasteiger partial charge in [0.2, 0.25) is 0 Å². The molecule has 6 nitrogen and oxygen atoms in total. The Hall–Kier alpha value is -2.86. The first kappa shape index (κ1) is 15.5. The van der Waals surface area contributed by atoms with Gasteiger partial charge in [-0.15, -0.1) is 0 Å². The first-order chi connectivity index (χ1) is 10.6. The van der Waals surface area contributed by atoms with Crippen LogP contribution in [0.3, 0.4) is 0 Å². The summed E-state index contributed by atoms with van der Waals surface area (Å²) in [6.07, 6.45) is 0.580. The van der Waals surface area contributed by atoms with Gasteiger partial charge in [0.25, 0.3) is 5.91 Å². The standard InChI is InChI=1S/C16H16N4O2/c1-12-15(21)19(11-13(10-18)6-5-9-17)16(22)20(12)14-7-3-2-4-8-14/h2-4,7-8,12-13H,5-6,11H2,1H3/t12-,13+/m0/s1. The smallest absolute Gasteiger partial charge is 0.282 e. The summed E-state index contributed by atoms with van der Waals surface area (Å²) in [5.41, 5.74) is 0.654. The van der Waals surface area contributed by atoms with E-state index in [9.17, 15) is 9.59 Å². The Morgan fingerprint density at radius 3 is 2.50 bits per heavy atom. The second-order valence-electron chi connectivity index (χ2n) is 5.14. The number of para-hydroxylation sites is 1. The number of rotatable bonds is 5. The van der Waals surface area contributed by atoms with Crippen LogP contribution in [0.25, 0.3) is 0 Å². The van der Waals surface area contributed by atoms with Crippen LogP contribution < -0.4 is 4.90 Å². The predicted octanol–water partition coefficient (Wildman–Crippen LogP) is 2.29. The minimum absolute atomic E-state index is 0.0313. The highest BCUT2D eigenvalue weighted by Gasteiger charge is 2.43. The molecule has 0 aromatic heterocycles. The van der Waals surface area contributed by atoms with Crippen LogP contribution >= 0.6 is 0 Å². The third-order valence-corrected chi connectivity index (χ3v) is 3.67. The lowest BCUT2D eigenvalue weighted by Gasteiger charge is -2.20. The summed E-state index contributed by atoms with van der Waals surface area (Å²) < 4.78 is 0. The molecule has 1 heterocycles. The zero-order chi connectivity index (χ0) is 16.1. The van der Waals surface area contributed by atoms with Crippen molar-refractivity contribution in [3.63, 3.8) is 0 Å². The maximum atomic E-state index is 12.5. The number of benzene rings is 1. The summed E-state index contributed by atoms with van der Waals surface area (Å²) in [6, 6.07) is 12.0. The molecule has 1 saturated heterocycles. The zero-order valence-corrected chi connectivity index (χ0v) is 12.3. The molecule has 2 rings (SSSR count). The van der Waals surface area contributed by atoms with Gasteiger partial charge in [-0.2, -0.15) is 10.5 Å². The van der Waals surface area contributed by atoms with E-state index < -0.39 is 18.0 Å². The number of anilines is 1. The molecule has 0 radical (unpaired) electrons. The van der Waals surface area contributed by atoms with Gasteiger partial charge in [0.15, 0.2) is 0 Å². The summed E-state index contributed by atoms with van der Waals surface area (Å²) in [4.78, 5) is 27.4. The first-order valence-electron chi connectivity index (χ1n) is 7.06. The molecule has 112 valence electrons. The Morgan fingerprint density at radius 1 is 1.23 bits per heavy atom. The summed E-state index contributed by atoms with van der Waals surface area (Å²) in [7, 11) is 0. The number of imide groups is 1. The number of urea groups is 1. The van der Waals surface area contributed by atoms with Crippen molar-refractivity contribution in [3.05, 3.63) is 30.3 Å². The molecule has 2 atom stereocenters. The molecule has 22 heavy (non-hydrogen) atoms. The van der Waals surface area contributed by atoms with Crippen molar-refractivity contribution in [2.45, 2.75) is 25.8 Å². The molecule has 0 N–H and O–H groups in total. The minimum atomic E-state index is -0.592. The highest BCUT2D eigenvalue weighted by Crippen LogP contribution is 2.26. The number of carbonyl (C=O) groups is 2. The topological polar surface area (TPSA) is 88.2 Å². The average molecular weight is 296 g/mol. The van der Waals surface area contributed by atoms with Crippen LogP contribution in [0, 0.1) is 28.6 Å². The number of amides is 3. The third-order valence-electron chi connectivity index (χ3n) is 3.67. The van der Waals surface area contributed by atoms with Crippen molar-refractivity contribution < 1.29 is 9.59 Å². The second-order valence-corrected chi connectivity index (χ2v) is 5.14. The van der Waals surface area contributed by atoms with Crippen molar-refractivity contribution in [1.82, 2.24) is 4.90 Å². The quantitative estimate of drug-likeness (QED) is 0.780. The molecule has 1 aromatic carbocycles. The lowest BCUT2D eigenvalue weighted by molar-refractivity contribution is -0.127. The summed E-state index contributed by atoms with van der Waals surface area (Å²) >= 11 is 0. The molecule has 0 aliphatic carbocycles. The SMILES string of the molecule is C[C@H]1C(=O)N(C[C@@H](C#N)CCC#N)C(=O)N1c1ccccc1. The van der Waals surface area contributed by atoms with Crippen molar-refractivity contribution in [3.8, 4) is 12.1 Å². The van der Waals surface area contributed by atoms with Gasteiger partial charge in [-0.05, 0) is 25.5 Å². The third kappa shape index (κ3) is 2.91. The molecule has 1 aliphatic rings. The van der Waals surface area contributed by atoms with E-state index in [-0.39, 0.29) is 18.9 Å². The van der Waals surface area contributed by atoms with E-state index in [1.54, 1.807) is 31.2 Å². The van der Waals surface area contributed by atoms with Gasteiger partial charge < -0.3 is 0 Å². The predicted molar refractivity (Wildman–Crippen MR) is 79.4 cm³/mol. The molecule has 0 bridgehead atoms. The number of nitrogens with zero attached hydrogens (tertiary/aromatic N) is 4. The molecule has 0 unspecified atom stereocenters. The first-order valence-corrected chi connectivity index (χ1v) is 7.06. The van der Waals surface area contributed by atoms with Crippen molar-refractivity contribution >= 4 is 17.6 Å². The van der Waals surface area contributed by atoms with E-state index >= 15 is 0 Å². The highest BCUT2D eigenvalue weighted by atomic mass is 16.2. The van der Waals surface area contributed by atoms with Crippen LogP contribution in [0.15, 0.2) is 30.3 Å². The molecule has 1 aliphatic heterocycles. The summed E-state index contributed by atoms with van der Waals surface area (Å²) in [6.45, 7) is 1.70. The fourth-order valence-electron chi connectivity index (χ4n) is 2.47. The molecule has 3 amide bonds. The van der Waals surface area contributed by atoms with Gasteiger partial charge >= 0.3 is 6.03 Å². The van der Waals surface area contributed by atoms with E-state index in [2.05, 4.69) is 6.07 Å². The number of hydrogen-bond donors (Lipinski definition) is 0. The van der Waals surface area contributed by atoms with Crippen molar-refractivity contribution in [2.75, 3.05) is 11.4 Å². The van der Waals surface area contributed by atoms with E-state index in [0.29, 0.717) is 12.1 Å². The van der Waals surface area contributed by atoms with Gasteiger partial charge in [0.1, 0.15) is 6.04 Å². The molecule has 1 aromatic rings. The summed E-state index contributed by atoms with van der Waals surface area (Å²) in [5, 5.41) is 17.7. The van der Waals surface area contributed by atoms with E-state index in [0.717, 1.165) is 4.90 Å². The van der Waals surface area contributed by atoms with E-state index in [1.165, 1.54) is 4.90 Å². The van der Waals surface area contributed by atoms with Crippen LogP contribution in [0.1, 0.15) is 19.8 Å². The maximum absolute atomic E-state index is 12.5. The largest absolute Gasteiger partial charge is 0.332 e. The zero-order valence-electron chi connectivity index (χ0n) is 12.3. The normalized spacial score (nSPS) is 19.0. The number of carbonyl (C=O) groups excluding carboxylic acids is 2. The number of nitriles is 2. The summed E-state index contributed by atoms with van der Waals surface area (Å²) in [5.74, 6) is -0.832. The Labute approximate surface area is 129 Å². The fourth-order valence-corrected chi connectivity index (χ4v) is 2.47. The lowest BCUT2D eigenvalue weighted by atomic mass is 10.1. The van der Waals surface area contributed by atoms with E-state index in [4.69, 9.17) is 10.5 Å². The van der Waals surface area contributed by atoms with Gasteiger partial charge in [-0.3, -0.25) is 14.6 Å². The van der Waals surface area contributed by atoms with Crippen molar-refractivity contribution in [1.29, 1.82) is 10.5 Å². The monoisotopic (exact) mass is 296 g/mol. The second kappa shape index (κ2) is 6.73. The highest BCUT2D eigenvalue weighted by molar-refractivity contribution is 6.14. The van der Waals surface area contributed by atoms with Crippen LogP contribution in [-0.4, -0.2) is 29.4 Å². The molecule has 0 spiro atoms. The molecular formula is C16H16N4O2. The number of hydrogen-bond acceptors (Lipinski definition) is 4. The minimum Gasteiger partial charge on any atom is -0.282 e. The molecule has 0 saturated carbocycles. The maximum Gasteiger partial charge on any atom is 0.332 e. The van der Waals surface area contributed by atoms with Crippen LogP contribution in [0.4, 0.5) is 10.5 Å². The molecular weight excluding hydrogens is 280 g/mol. The fraction of sp³-hybridized carbons (Fsp3) is 0.375. The van der Waals surface area contributed by atoms with Gasteiger partial charge in [0, 0.05) is 18.7 Å². The van der Waals surface area contributed by atoms with Crippen molar-refractivity contribution in [2.24, 2.45) is 5.92 Å². The van der Waals surface area contributed by atoms with Crippen LogP contribution in [0.2, 0.25) is 0 Å². The Balaban J connectivity index is 2.18. The van der Waals surface area contributed by atoms with E-state index in [1.807, 2.05) is 12.1 Å². The van der Waals surface area contributed by atoms with Gasteiger partial charge in [-0.1, -0.05) is 18.2 Å². The van der Waals surface area contributed by atoms with Gasteiger partial charge in [-0.25, -0.2) is 4.79 Å². The van der Waals surface area contributed by atoms with Crippen LogP contribution in [0.5, 0.6) is 0 Å². The Bertz CT molecular complexity index is 644. The Morgan fingerprint density at radius 2 is 1.91 bits per heavy atom. The molecule has 1 fully saturated rings.